The smallest absolute Gasteiger partial charge is 0.310 e. The highest BCUT2D eigenvalue weighted by Crippen LogP contribution is 2.07. The van der Waals surface area contributed by atoms with Gasteiger partial charge in [0, 0.05) is 32.9 Å². The molecule has 0 heterocycles. The summed E-state index contributed by atoms with van der Waals surface area (Å²) >= 11 is 0. The number of ether oxygens (including phenoxy) is 2. The fourth-order valence-electron chi connectivity index (χ4n) is 2.13. The Balaban J connectivity index is 2.70. The van der Waals surface area contributed by atoms with Gasteiger partial charge in [-0.3, -0.25) is 9.59 Å². The number of hydrogen-bond acceptors (Lipinski definition) is 4. The van der Waals surface area contributed by atoms with Gasteiger partial charge in [0.05, 0.1) is 13.0 Å². The highest BCUT2D eigenvalue weighted by atomic mass is 16.5. The normalized spacial score (nSPS) is 12.1. The molecule has 0 saturated heterocycles. The molecule has 0 radical (unpaired) electrons. The van der Waals surface area contributed by atoms with Crippen LogP contribution in [0.5, 0.6) is 0 Å². The maximum absolute atomic E-state index is 12.4. The third-order valence-electron chi connectivity index (χ3n) is 3.40. The molecule has 5 heteroatoms. The third kappa shape index (κ3) is 7.10. The first-order valence-corrected chi connectivity index (χ1v) is 7.67. The molecule has 1 unspecified atom stereocenters. The summed E-state index contributed by atoms with van der Waals surface area (Å²) < 4.78 is 9.76. The maximum Gasteiger partial charge on any atom is 0.310 e. The van der Waals surface area contributed by atoms with Gasteiger partial charge in [0.1, 0.15) is 0 Å². The number of rotatable bonds is 9. The first-order valence-electron chi connectivity index (χ1n) is 7.67. The van der Waals surface area contributed by atoms with Crippen LogP contribution in [0.25, 0.3) is 6.08 Å². The van der Waals surface area contributed by atoms with Crippen molar-refractivity contribution in [2.75, 3.05) is 33.9 Å². The highest BCUT2D eigenvalue weighted by molar-refractivity contribution is 5.92. The summed E-state index contributed by atoms with van der Waals surface area (Å²) in [6, 6.07) is 9.61. The predicted octanol–water partition coefficient (Wildman–Crippen LogP) is 2.37. The lowest BCUT2D eigenvalue weighted by molar-refractivity contribution is -0.146. The molecule has 0 aromatic heterocycles. The fourth-order valence-corrected chi connectivity index (χ4v) is 2.13. The second-order valence-corrected chi connectivity index (χ2v) is 5.30. The van der Waals surface area contributed by atoms with E-state index in [1.165, 1.54) is 13.2 Å². The van der Waals surface area contributed by atoms with Gasteiger partial charge >= 0.3 is 5.97 Å². The van der Waals surface area contributed by atoms with E-state index in [4.69, 9.17) is 9.47 Å². The lowest BCUT2D eigenvalue weighted by atomic mass is 10.1. The molecule has 0 spiro atoms. The van der Waals surface area contributed by atoms with Gasteiger partial charge in [0.15, 0.2) is 0 Å². The number of carbonyl (C=O) groups is 2. The summed E-state index contributed by atoms with van der Waals surface area (Å²) in [6.07, 6.45) is 4.02. The highest BCUT2D eigenvalue weighted by Gasteiger charge is 2.20. The molecule has 0 N–H and O–H groups in total. The first kappa shape index (κ1) is 18.9. The van der Waals surface area contributed by atoms with Crippen LogP contribution in [0.3, 0.4) is 0 Å². The molecule has 5 nitrogen and oxygen atoms in total. The number of carbonyl (C=O) groups excluding carboxylic acids is 2. The van der Waals surface area contributed by atoms with Crippen LogP contribution in [0.2, 0.25) is 0 Å². The fraction of sp³-hybridized carbons (Fsp3) is 0.444. The van der Waals surface area contributed by atoms with Crippen molar-refractivity contribution in [3.05, 3.63) is 42.0 Å². The third-order valence-corrected chi connectivity index (χ3v) is 3.40. The summed E-state index contributed by atoms with van der Waals surface area (Å²) in [4.78, 5) is 25.6. The lowest BCUT2D eigenvalue weighted by Crippen LogP contribution is -2.37. The van der Waals surface area contributed by atoms with Crippen molar-refractivity contribution in [3.8, 4) is 0 Å². The van der Waals surface area contributed by atoms with E-state index in [2.05, 4.69) is 0 Å². The Morgan fingerprint density at radius 3 is 2.52 bits per heavy atom. The van der Waals surface area contributed by atoms with E-state index >= 15 is 0 Å². The number of nitrogens with zero attached hydrogens (tertiary/aromatic N) is 1. The van der Waals surface area contributed by atoms with Crippen molar-refractivity contribution in [2.45, 2.75) is 13.3 Å². The van der Waals surface area contributed by atoms with Gasteiger partial charge in [-0.05, 0) is 18.1 Å². The molecule has 0 aliphatic heterocycles. The van der Waals surface area contributed by atoms with E-state index in [0.29, 0.717) is 19.7 Å². The Morgan fingerprint density at radius 1 is 1.22 bits per heavy atom. The lowest BCUT2D eigenvalue weighted by Gasteiger charge is -2.23. The minimum Gasteiger partial charge on any atom is -0.469 e. The molecule has 23 heavy (non-hydrogen) atoms. The van der Waals surface area contributed by atoms with Crippen LogP contribution >= 0.6 is 0 Å². The summed E-state index contributed by atoms with van der Waals surface area (Å²) in [6.45, 7) is 3.18. The Hall–Kier alpha value is -2.14. The Bertz CT molecular complexity index is 513. The zero-order valence-corrected chi connectivity index (χ0v) is 14.0. The van der Waals surface area contributed by atoms with Crippen molar-refractivity contribution >= 4 is 18.0 Å². The number of benzene rings is 1. The summed E-state index contributed by atoms with van der Waals surface area (Å²) in [5.74, 6) is -0.807. The average molecular weight is 319 g/mol. The SMILES string of the molecule is COCCCN(CC(C)C(=O)OC)C(=O)/C=C/c1ccccc1. The molecule has 0 bridgehead atoms. The Morgan fingerprint density at radius 2 is 1.91 bits per heavy atom. The van der Waals surface area contributed by atoms with Gasteiger partial charge < -0.3 is 14.4 Å². The molecule has 1 atom stereocenters. The second kappa shape index (κ2) is 10.6. The Labute approximate surface area is 137 Å². The van der Waals surface area contributed by atoms with E-state index in [1.54, 1.807) is 25.0 Å². The zero-order valence-electron chi connectivity index (χ0n) is 14.0. The molecule has 0 fully saturated rings. The van der Waals surface area contributed by atoms with E-state index in [1.807, 2.05) is 30.3 Å². The first-order chi connectivity index (χ1) is 11.1. The molecule has 0 saturated carbocycles. The quantitative estimate of drug-likeness (QED) is 0.398. The van der Waals surface area contributed by atoms with Crippen LogP contribution < -0.4 is 0 Å². The van der Waals surface area contributed by atoms with Crippen LogP contribution in [0, 0.1) is 5.92 Å². The van der Waals surface area contributed by atoms with E-state index in [9.17, 15) is 9.59 Å². The van der Waals surface area contributed by atoms with Gasteiger partial charge in [-0.2, -0.15) is 0 Å². The summed E-state index contributed by atoms with van der Waals surface area (Å²) in [7, 11) is 2.98. The van der Waals surface area contributed by atoms with Crippen molar-refractivity contribution < 1.29 is 19.1 Å². The summed E-state index contributed by atoms with van der Waals surface area (Å²) in [5.41, 5.74) is 0.957. The molecule has 1 aromatic carbocycles. The second-order valence-electron chi connectivity index (χ2n) is 5.30. The van der Waals surface area contributed by atoms with Gasteiger partial charge in [0.2, 0.25) is 5.91 Å². The van der Waals surface area contributed by atoms with Crippen LogP contribution in [-0.2, 0) is 19.1 Å². The average Bonchev–Trinajstić information content (AvgIpc) is 2.58. The van der Waals surface area contributed by atoms with Gasteiger partial charge in [0.25, 0.3) is 0 Å². The molecule has 1 rings (SSSR count). The van der Waals surface area contributed by atoms with Crippen molar-refractivity contribution in [3.63, 3.8) is 0 Å². The zero-order chi connectivity index (χ0) is 17.1. The van der Waals surface area contributed by atoms with Crippen molar-refractivity contribution in [1.29, 1.82) is 0 Å². The van der Waals surface area contributed by atoms with Crippen LogP contribution in [-0.4, -0.2) is 50.7 Å². The predicted molar refractivity (Wildman–Crippen MR) is 89.7 cm³/mol. The van der Waals surface area contributed by atoms with Crippen LogP contribution in [0.1, 0.15) is 18.9 Å². The molecular formula is C18H25NO4. The van der Waals surface area contributed by atoms with E-state index in [-0.39, 0.29) is 17.8 Å². The van der Waals surface area contributed by atoms with Crippen LogP contribution in [0.4, 0.5) is 0 Å². The number of esters is 1. The topological polar surface area (TPSA) is 55.8 Å². The molecule has 0 aliphatic rings. The number of amides is 1. The van der Waals surface area contributed by atoms with Crippen LogP contribution in [0.15, 0.2) is 36.4 Å². The number of methoxy groups -OCH3 is 2. The van der Waals surface area contributed by atoms with Gasteiger partial charge in [-0.15, -0.1) is 0 Å². The summed E-state index contributed by atoms with van der Waals surface area (Å²) in [5, 5.41) is 0. The molecular weight excluding hydrogens is 294 g/mol. The number of hydrogen-bond donors (Lipinski definition) is 0. The maximum atomic E-state index is 12.4. The van der Waals surface area contributed by atoms with Gasteiger partial charge in [-0.1, -0.05) is 37.3 Å². The molecule has 0 aliphatic carbocycles. The Kier molecular flexibility index (Phi) is 8.68. The van der Waals surface area contributed by atoms with Crippen molar-refractivity contribution in [1.82, 2.24) is 4.90 Å². The standard InChI is InChI=1S/C18H25NO4/c1-15(18(21)23-3)14-19(12-7-13-22-2)17(20)11-10-16-8-5-4-6-9-16/h4-6,8-11,15H,7,12-14H2,1-3H3/b11-10+. The largest absolute Gasteiger partial charge is 0.469 e. The minimum absolute atomic E-state index is 0.124. The molecule has 126 valence electrons. The molecule has 1 aromatic rings. The van der Waals surface area contributed by atoms with E-state index < -0.39 is 0 Å². The molecule has 1 amide bonds. The van der Waals surface area contributed by atoms with Gasteiger partial charge in [-0.25, -0.2) is 0 Å². The monoisotopic (exact) mass is 319 g/mol. The minimum atomic E-state index is -0.364. The van der Waals surface area contributed by atoms with E-state index in [0.717, 1.165) is 12.0 Å². The van der Waals surface area contributed by atoms with Crippen molar-refractivity contribution in [2.24, 2.45) is 5.92 Å².